The maximum atomic E-state index is 5.94. The first-order valence-electron chi connectivity index (χ1n) is 5.70. The summed E-state index contributed by atoms with van der Waals surface area (Å²) in [6.07, 6.45) is 2.11. The highest BCUT2D eigenvalue weighted by Crippen LogP contribution is 2.22. The van der Waals surface area contributed by atoms with Crippen molar-refractivity contribution in [2.24, 2.45) is 5.73 Å². The zero-order valence-electron chi connectivity index (χ0n) is 10.2. The Labute approximate surface area is 101 Å². The SMILES string of the molecule is COc1cc(OC)nc(N2CCCC(N)C2)n1. The molecule has 2 rings (SSSR count). The van der Waals surface area contributed by atoms with Gasteiger partial charge in [-0.1, -0.05) is 0 Å². The molecule has 1 unspecified atom stereocenters. The lowest BCUT2D eigenvalue weighted by atomic mass is 10.1. The fraction of sp³-hybridized carbons (Fsp3) is 0.636. The lowest BCUT2D eigenvalue weighted by molar-refractivity contribution is 0.370. The summed E-state index contributed by atoms with van der Waals surface area (Å²) < 4.78 is 10.3. The van der Waals surface area contributed by atoms with Gasteiger partial charge in [0.2, 0.25) is 17.7 Å². The first-order chi connectivity index (χ1) is 8.22. The molecule has 0 spiro atoms. The second-order valence-corrected chi connectivity index (χ2v) is 4.10. The number of nitrogens with two attached hydrogens (primary N) is 1. The first-order valence-corrected chi connectivity index (χ1v) is 5.70. The maximum Gasteiger partial charge on any atom is 0.232 e. The lowest BCUT2D eigenvalue weighted by Crippen LogP contribution is -2.43. The van der Waals surface area contributed by atoms with Gasteiger partial charge in [0.1, 0.15) is 0 Å². The van der Waals surface area contributed by atoms with Gasteiger partial charge in [-0.15, -0.1) is 0 Å². The number of aromatic nitrogens is 2. The summed E-state index contributed by atoms with van der Waals surface area (Å²) >= 11 is 0. The molecule has 0 radical (unpaired) electrons. The van der Waals surface area contributed by atoms with Gasteiger partial charge in [-0.2, -0.15) is 9.97 Å². The van der Waals surface area contributed by atoms with Gasteiger partial charge < -0.3 is 20.1 Å². The summed E-state index contributed by atoms with van der Waals surface area (Å²) in [4.78, 5) is 10.7. The Morgan fingerprint density at radius 3 is 2.47 bits per heavy atom. The number of methoxy groups -OCH3 is 2. The van der Waals surface area contributed by atoms with E-state index in [9.17, 15) is 0 Å². The van der Waals surface area contributed by atoms with E-state index in [2.05, 4.69) is 14.9 Å². The molecule has 2 heterocycles. The minimum Gasteiger partial charge on any atom is -0.481 e. The average Bonchev–Trinajstić information content (AvgIpc) is 2.38. The van der Waals surface area contributed by atoms with Crippen LogP contribution in [-0.4, -0.2) is 43.3 Å². The van der Waals surface area contributed by atoms with Crippen molar-refractivity contribution in [3.63, 3.8) is 0 Å². The van der Waals surface area contributed by atoms with Crippen LogP contribution in [0.25, 0.3) is 0 Å². The zero-order valence-corrected chi connectivity index (χ0v) is 10.2. The van der Waals surface area contributed by atoms with Crippen LogP contribution in [0.3, 0.4) is 0 Å². The summed E-state index contributed by atoms with van der Waals surface area (Å²) in [6, 6.07) is 1.84. The topological polar surface area (TPSA) is 73.5 Å². The number of piperidine rings is 1. The van der Waals surface area contributed by atoms with Crippen LogP contribution >= 0.6 is 0 Å². The standard InChI is InChI=1S/C11H18N4O2/c1-16-9-6-10(17-2)14-11(13-9)15-5-3-4-8(12)7-15/h6,8H,3-5,7,12H2,1-2H3. The summed E-state index contributed by atoms with van der Waals surface area (Å²) in [5.41, 5.74) is 5.94. The Hall–Kier alpha value is -1.56. The summed E-state index contributed by atoms with van der Waals surface area (Å²) in [5.74, 6) is 1.63. The molecule has 94 valence electrons. The quantitative estimate of drug-likeness (QED) is 0.822. The Bertz CT molecular complexity index is 363. The highest BCUT2D eigenvalue weighted by atomic mass is 16.5. The molecule has 1 aromatic rings. The Morgan fingerprint density at radius 2 is 1.94 bits per heavy atom. The lowest BCUT2D eigenvalue weighted by Gasteiger charge is -2.30. The van der Waals surface area contributed by atoms with Gasteiger partial charge in [0.25, 0.3) is 0 Å². The molecule has 1 aromatic heterocycles. The molecule has 2 N–H and O–H groups in total. The molecule has 1 atom stereocenters. The second-order valence-electron chi connectivity index (χ2n) is 4.10. The van der Waals surface area contributed by atoms with Crippen LogP contribution in [0.5, 0.6) is 11.8 Å². The van der Waals surface area contributed by atoms with Crippen LogP contribution in [0, 0.1) is 0 Å². The van der Waals surface area contributed by atoms with Crippen molar-refractivity contribution in [3.8, 4) is 11.8 Å². The van der Waals surface area contributed by atoms with Crippen LogP contribution in [0.1, 0.15) is 12.8 Å². The number of ether oxygens (including phenoxy) is 2. The van der Waals surface area contributed by atoms with E-state index in [1.54, 1.807) is 20.3 Å². The second kappa shape index (κ2) is 5.18. The van der Waals surface area contributed by atoms with Crippen LogP contribution in [0.2, 0.25) is 0 Å². The molecule has 1 aliphatic heterocycles. The van der Waals surface area contributed by atoms with Gasteiger partial charge in [0.05, 0.1) is 20.3 Å². The Morgan fingerprint density at radius 1 is 1.29 bits per heavy atom. The largest absolute Gasteiger partial charge is 0.481 e. The third-order valence-electron chi connectivity index (χ3n) is 2.83. The van der Waals surface area contributed by atoms with Gasteiger partial charge in [-0.3, -0.25) is 0 Å². The van der Waals surface area contributed by atoms with E-state index in [0.717, 1.165) is 25.9 Å². The third-order valence-corrected chi connectivity index (χ3v) is 2.83. The van der Waals surface area contributed by atoms with Crippen molar-refractivity contribution < 1.29 is 9.47 Å². The number of nitrogens with zero attached hydrogens (tertiary/aromatic N) is 3. The van der Waals surface area contributed by atoms with E-state index in [1.807, 2.05) is 0 Å². The summed E-state index contributed by atoms with van der Waals surface area (Å²) in [6.45, 7) is 1.69. The van der Waals surface area contributed by atoms with E-state index < -0.39 is 0 Å². The molecule has 0 aromatic carbocycles. The van der Waals surface area contributed by atoms with Crippen molar-refractivity contribution in [2.45, 2.75) is 18.9 Å². The molecule has 1 fully saturated rings. The van der Waals surface area contributed by atoms with Gasteiger partial charge in [0.15, 0.2) is 0 Å². The first kappa shape index (κ1) is 11.9. The summed E-state index contributed by atoms with van der Waals surface area (Å²) in [7, 11) is 3.15. The number of hydrogen-bond acceptors (Lipinski definition) is 6. The minimum absolute atomic E-state index is 0.185. The Balaban J connectivity index is 2.23. The predicted octanol–water partition coefficient (Wildman–Crippen LogP) is 0.421. The number of anilines is 1. The van der Waals surface area contributed by atoms with E-state index in [0.29, 0.717) is 17.7 Å². The van der Waals surface area contributed by atoms with Gasteiger partial charge in [0, 0.05) is 19.1 Å². The summed E-state index contributed by atoms with van der Waals surface area (Å²) in [5, 5.41) is 0. The molecule has 0 bridgehead atoms. The fourth-order valence-electron chi connectivity index (χ4n) is 1.93. The number of rotatable bonds is 3. The van der Waals surface area contributed by atoms with E-state index in [4.69, 9.17) is 15.2 Å². The van der Waals surface area contributed by atoms with Crippen molar-refractivity contribution in [1.82, 2.24) is 9.97 Å². The molecule has 0 amide bonds. The van der Waals surface area contributed by atoms with Crippen LogP contribution in [0.15, 0.2) is 6.07 Å². The molecule has 6 heteroatoms. The minimum atomic E-state index is 0.185. The monoisotopic (exact) mass is 238 g/mol. The highest BCUT2D eigenvalue weighted by Gasteiger charge is 2.20. The van der Waals surface area contributed by atoms with Crippen molar-refractivity contribution in [3.05, 3.63) is 6.07 Å². The zero-order chi connectivity index (χ0) is 12.3. The highest BCUT2D eigenvalue weighted by molar-refractivity contribution is 5.37. The van der Waals surface area contributed by atoms with Crippen LogP contribution < -0.4 is 20.1 Å². The fourth-order valence-corrected chi connectivity index (χ4v) is 1.93. The molecule has 6 nitrogen and oxygen atoms in total. The number of hydrogen-bond donors (Lipinski definition) is 1. The maximum absolute atomic E-state index is 5.94. The van der Waals surface area contributed by atoms with E-state index >= 15 is 0 Å². The van der Waals surface area contributed by atoms with E-state index in [-0.39, 0.29) is 6.04 Å². The normalized spacial score (nSPS) is 20.2. The Kier molecular flexibility index (Phi) is 3.63. The van der Waals surface area contributed by atoms with Crippen LogP contribution in [-0.2, 0) is 0 Å². The molecule has 1 aliphatic rings. The smallest absolute Gasteiger partial charge is 0.232 e. The van der Waals surface area contributed by atoms with Gasteiger partial charge >= 0.3 is 0 Å². The van der Waals surface area contributed by atoms with Crippen molar-refractivity contribution >= 4 is 5.95 Å². The molecular weight excluding hydrogens is 220 g/mol. The molecule has 17 heavy (non-hydrogen) atoms. The van der Waals surface area contributed by atoms with Gasteiger partial charge in [-0.05, 0) is 12.8 Å². The van der Waals surface area contributed by atoms with E-state index in [1.165, 1.54) is 0 Å². The average molecular weight is 238 g/mol. The van der Waals surface area contributed by atoms with Crippen molar-refractivity contribution in [1.29, 1.82) is 0 Å². The molecule has 0 aliphatic carbocycles. The molecule has 1 saturated heterocycles. The van der Waals surface area contributed by atoms with Crippen LogP contribution in [0.4, 0.5) is 5.95 Å². The van der Waals surface area contributed by atoms with Crippen molar-refractivity contribution in [2.75, 3.05) is 32.2 Å². The predicted molar refractivity (Wildman–Crippen MR) is 64.6 cm³/mol. The van der Waals surface area contributed by atoms with Gasteiger partial charge in [-0.25, -0.2) is 0 Å². The molecule has 0 saturated carbocycles. The third kappa shape index (κ3) is 2.76. The molecular formula is C11H18N4O2.